The number of hydrogen-bond acceptors (Lipinski definition) is 4. The Morgan fingerprint density at radius 2 is 2.05 bits per heavy atom. The smallest absolute Gasteiger partial charge is 0.355 e. The molecule has 0 aromatic carbocycles. The van der Waals surface area contributed by atoms with E-state index in [1.54, 1.807) is 0 Å². The van der Waals surface area contributed by atoms with Gasteiger partial charge in [-0.3, -0.25) is 4.79 Å². The van der Waals surface area contributed by atoms with Crippen LogP contribution in [-0.4, -0.2) is 22.0 Å². The normalized spacial score (nSPS) is 24.1. The van der Waals surface area contributed by atoms with E-state index in [9.17, 15) is 9.59 Å². The SMILES string of the molecule is CC1CCC(C(=O)NC(C)c2nc(C(=O)O)cs2)CC1. The number of hydrogen-bond donors (Lipinski definition) is 2. The van der Waals surface area contributed by atoms with Crippen molar-refractivity contribution in [2.75, 3.05) is 0 Å². The highest BCUT2D eigenvalue weighted by Crippen LogP contribution is 2.29. The Morgan fingerprint density at radius 3 is 2.60 bits per heavy atom. The third-order valence-electron chi connectivity index (χ3n) is 3.86. The van der Waals surface area contributed by atoms with E-state index in [4.69, 9.17) is 5.11 Å². The summed E-state index contributed by atoms with van der Waals surface area (Å²) in [4.78, 5) is 27.0. The predicted molar refractivity (Wildman–Crippen MR) is 76.8 cm³/mol. The number of carbonyl (C=O) groups excluding carboxylic acids is 1. The molecule has 2 N–H and O–H groups in total. The fourth-order valence-corrected chi connectivity index (χ4v) is 3.30. The zero-order valence-corrected chi connectivity index (χ0v) is 12.6. The van der Waals surface area contributed by atoms with Crippen LogP contribution in [0.2, 0.25) is 0 Å². The third kappa shape index (κ3) is 3.56. The molecule has 0 bridgehead atoms. The molecule has 1 saturated carbocycles. The van der Waals surface area contributed by atoms with Gasteiger partial charge in [-0.25, -0.2) is 9.78 Å². The van der Waals surface area contributed by atoms with E-state index in [-0.39, 0.29) is 23.6 Å². The van der Waals surface area contributed by atoms with Crippen molar-refractivity contribution < 1.29 is 14.7 Å². The Labute approximate surface area is 122 Å². The van der Waals surface area contributed by atoms with Gasteiger partial charge < -0.3 is 10.4 Å². The van der Waals surface area contributed by atoms with E-state index in [0.29, 0.717) is 10.9 Å². The molecule has 1 aliphatic rings. The molecule has 1 unspecified atom stereocenters. The number of nitrogens with one attached hydrogen (secondary N) is 1. The Kier molecular flexibility index (Phi) is 4.75. The summed E-state index contributed by atoms with van der Waals surface area (Å²) in [5.74, 6) is -0.162. The average molecular weight is 296 g/mol. The third-order valence-corrected chi connectivity index (χ3v) is 4.88. The van der Waals surface area contributed by atoms with E-state index < -0.39 is 5.97 Å². The quantitative estimate of drug-likeness (QED) is 0.895. The first-order chi connectivity index (χ1) is 9.47. The molecule has 1 heterocycles. The van der Waals surface area contributed by atoms with E-state index >= 15 is 0 Å². The second-order valence-corrected chi connectivity index (χ2v) is 6.45. The molecule has 110 valence electrons. The number of amides is 1. The molecular formula is C14H20N2O3S. The zero-order chi connectivity index (χ0) is 14.7. The summed E-state index contributed by atoms with van der Waals surface area (Å²) < 4.78 is 0. The number of thiazole rings is 1. The van der Waals surface area contributed by atoms with Crippen LogP contribution >= 0.6 is 11.3 Å². The van der Waals surface area contributed by atoms with E-state index in [0.717, 1.165) is 25.7 Å². The number of aromatic carboxylic acids is 1. The molecule has 1 aromatic heterocycles. The average Bonchev–Trinajstić information content (AvgIpc) is 2.89. The lowest BCUT2D eigenvalue weighted by atomic mass is 9.82. The van der Waals surface area contributed by atoms with Gasteiger partial charge in [0.05, 0.1) is 6.04 Å². The van der Waals surface area contributed by atoms with Gasteiger partial charge >= 0.3 is 5.97 Å². The summed E-state index contributed by atoms with van der Waals surface area (Å²) in [5.41, 5.74) is 0.0394. The molecule has 1 amide bonds. The van der Waals surface area contributed by atoms with Crippen LogP contribution in [0.25, 0.3) is 0 Å². The minimum absolute atomic E-state index is 0.0394. The highest BCUT2D eigenvalue weighted by atomic mass is 32.1. The number of nitrogens with zero attached hydrogens (tertiary/aromatic N) is 1. The van der Waals surface area contributed by atoms with Gasteiger partial charge in [0.15, 0.2) is 5.69 Å². The number of rotatable bonds is 4. The first kappa shape index (κ1) is 15.0. The van der Waals surface area contributed by atoms with Gasteiger partial charge in [0.1, 0.15) is 5.01 Å². The maximum Gasteiger partial charge on any atom is 0.355 e. The summed E-state index contributed by atoms with van der Waals surface area (Å²) in [6, 6.07) is -0.236. The van der Waals surface area contributed by atoms with Crippen molar-refractivity contribution in [2.45, 2.75) is 45.6 Å². The van der Waals surface area contributed by atoms with Crippen molar-refractivity contribution in [2.24, 2.45) is 11.8 Å². The molecule has 0 aliphatic heterocycles. The minimum atomic E-state index is -1.03. The highest BCUT2D eigenvalue weighted by molar-refractivity contribution is 7.09. The molecule has 1 fully saturated rings. The largest absolute Gasteiger partial charge is 0.476 e. The van der Waals surface area contributed by atoms with Crippen molar-refractivity contribution >= 4 is 23.2 Å². The van der Waals surface area contributed by atoms with Crippen molar-refractivity contribution in [1.29, 1.82) is 0 Å². The van der Waals surface area contributed by atoms with Crippen molar-refractivity contribution in [1.82, 2.24) is 10.3 Å². The van der Waals surface area contributed by atoms with Gasteiger partial charge in [0.25, 0.3) is 0 Å². The Hall–Kier alpha value is -1.43. The van der Waals surface area contributed by atoms with Crippen molar-refractivity contribution in [3.05, 3.63) is 16.1 Å². The standard InChI is InChI=1S/C14H20N2O3S/c1-8-3-5-10(6-4-8)12(17)15-9(2)13-16-11(7-20-13)14(18)19/h7-10H,3-6H2,1-2H3,(H,15,17)(H,18,19). The summed E-state index contributed by atoms with van der Waals surface area (Å²) in [6.07, 6.45) is 4.09. The van der Waals surface area contributed by atoms with E-state index in [1.807, 2.05) is 6.92 Å². The van der Waals surface area contributed by atoms with Gasteiger partial charge in [-0.15, -0.1) is 11.3 Å². The number of carboxylic acids is 1. The van der Waals surface area contributed by atoms with Crippen molar-refractivity contribution in [3.8, 4) is 0 Å². The van der Waals surface area contributed by atoms with Gasteiger partial charge in [-0.2, -0.15) is 0 Å². The van der Waals surface area contributed by atoms with Crippen LogP contribution in [0.3, 0.4) is 0 Å². The Morgan fingerprint density at radius 1 is 1.40 bits per heavy atom. The molecule has 1 atom stereocenters. The number of carboxylic acid groups (broad SMARTS) is 1. The van der Waals surface area contributed by atoms with Crippen LogP contribution in [0, 0.1) is 11.8 Å². The second-order valence-electron chi connectivity index (χ2n) is 5.56. The van der Waals surface area contributed by atoms with Crippen molar-refractivity contribution in [3.63, 3.8) is 0 Å². The predicted octanol–water partition coefficient (Wildman–Crippen LogP) is 2.84. The number of aromatic nitrogens is 1. The van der Waals surface area contributed by atoms with Gasteiger partial charge in [0.2, 0.25) is 5.91 Å². The lowest BCUT2D eigenvalue weighted by Crippen LogP contribution is -2.34. The molecule has 0 spiro atoms. The summed E-state index contributed by atoms with van der Waals surface area (Å²) in [6.45, 7) is 4.06. The van der Waals surface area contributed by atoms with Gasteiger partial charge in [-0.1, -0.05) is 6.92 Å². The molecule has 1 aliphatic carbocycles. The Balaban J connectivity index is 1.91. The van der Waals surface area contributed by atoms with Crippen LogP contribution < -0.4 is 5.32 Å². The minimum Gasteiger partial charge on any atom is -0.476 e. The molecule has 2 rings (SSSR count). The first-order valence-electron chi connectivity index (χ1n) is 6.96. The fraction of sp³-hybridized carbons (Fsp3) is 0.643. The Bertz CT molecular complexity index is 492. The zero-order valence-electron chi connectivity index (χ0n) is 11.8. The van der Waals surface area contributed by atoms with Gasteiger partial charge in [0, 0.05) is 11.3 Å². The molecular weight excluding hydrogens is 276 g/mol. The molecule has 0 saturated heterocycles. The summed E-state index contributed by atoms with van der Waals surface area (Å²) in [7, 11) is 0. The van der Waals surface area contributed by atoms with E-state index in [2.05, 4.69) is 17.2 Å². The number of carbonyl (C=O) groups is 2. The first-order valence-corrected chi connectivity index (χ1v) is 7.84. The maximum absolute atomic E-state index is 12.2. The topological polar surface area (TPSA) is 79.3 Å². The van der Waals surface area contributed by atoms with Crippen LogP contribution in [-0.2, 0) is 4.79 Å². The fourth-order valence-electron chi connectivity index (χ4n) is 2.50. The lowest BCUT2D eigenvalue weighted by molar-refractivity contribution is -0.126. The molecule has 20 heavy (non-hydrogen) atoms. The van der Waals surface area contributed by atoms with Gasteiger partial charge in [-0.05, 0) is 38.5 Å². The van der Waals surface area contributed by atoms with Crippen LogP contribution in [0.5, 0.6) is 0 Å². The molecule has 1 aromatic rings. The molecule has 0 radical (unpaired) electrons. The highest BCUT2D eigenvalue weighted by Gasteiger charge is 2.26. The molecule has 6 heteroatoms. The summed E-state index contributed by atoms with van der Waals surface area (Å²) >= 11 is 1.27. The van der Waals surface area contributed by atoms with E-state index in [1.165, 1.54) is 16.7 Å². The maximum atomic E-state index is 12.2. The van der Waals surface area contributed by atoms with Crippen LogP contribution in [0.4, 0.5) is 0 Å². The van der Waals surface area contributed by atoms with Crippen LogP contribution in [0.1, 0.15) is 61.1 Å². The molecule has 5 nitrogen and oxygen atoms in total. The monoisotopic (exact) mass is 296 g/mol. The summed E-state index contributed by atoms with van der Waals surface area (Å²) in [5, 5.41) is 13.9. The van der Waals surface area contributed by atoms with Crippen LogP contribution in [0.15, 0.2) is 5.38 Å². The lowest BCUT2D eigenvalue weighted by Gasteiger charge is -2.26. The second kappa shape index (κ2) is 6.35.